The van der Waals surface area contributed by atoms with Crippen molar-refractivity contribution in [3.8, 4) is 0 Å². The van der Waals surface area contributed by atoms with Crippen molar-refractivity contribution >= 4 is 9.84 Å². The van der Waals surface area contributed by atoms with Crippen LogP contribution in [0.15, 0.2) is 0 Å². The molecule has 0 heterocycles. The Morgan fingerprint density at radius 2 is 1.85 bits per heavy atom. The summed E-state index contributed by atoms with van der Waals surface area (Å²) in [5.41, 5.74) is 5.63. The minimum absolute atomic E-state index is 0.00215. The van der Waals surface area contributed by atoms with Crippen LogP contribution in [0.5, 0.6) is 0 Å². The fourth-order valence-corrected chi connectivity index (χ4v) is 2.23. The zero-order chi connectivity index (χ0) is 10.5. The molecule has 1 unspecified atom stereocenters. The van der Waals surface area contributed by atoms with Gasteiger partial charge in [-0.25, -0.2) is 8.42 Å². The van der Waals surface area contributed by atoms with Gasteiger partial charge in [0.2, 0.25) is 0 Å². The summed E-state index contributed by atoms with van der Waals surface area (Å²) in [5.74, 6) is 0.251. The van der Waals surface area contributed by atoms with Crippen molar-refractivity contribution in [1.29, 1.82) is 0 Å². The summed E-state index contributed by atoms with van der Waals surface area (Å²) < 4.78 is 21.9. The van der Waals surface area contributed by atoms with Crippen LogP contribution in [0.4, 0.5) is 0 Å². The van der Waals surface area contributed by atoms with Gasteiger partial charge in [-0.1, -0.05) is 20.3 Å². The van der Waals surface area contributed by atoms with Crippen molar-refractivity contribution in [2.24, 2.45) is 11.1 Å². The molecule has 4 heteroatoms. The van der Waals surface area contributed by atoms with Crippen molar-refractivity contribution < 1.29 is 8.42 Å². The Morgan fingerprint density at radius 3 is 2.15 bits per heavy atom. The first-order chi connectivity index (χ1) is 5.83. The van der Waals surface area contributed by atoms with Gasteiger partial charge in [0.15, 0.2) is 0 Å². The number of sulfone groups is 1. The molecule has 0 spiro atoms. The first kappa shape index (κ1) is 12.9. The number of hydrogen-bond acceptors (Lipinski definition) is 3. The highest BCUT2D eigenvalue weighted by Gasteiger charge is 2.22. The third-order valence-electron chi connectivity index (χ3n) is 2.42. The lowest BCUT2D eigenvalue weighted by Crippen LogP contribution is -2.29. The second-order valence-electron chi connectivity index (χ2n) is 4.14. The monoisotopic (exact) mass is 207 g/mol. The summed E-state index contributed by atoms with van der Waals surface area (Å²) in [4.78, 5) is 0. The Balaban J connectivity index is 4.13. The smallest absolute Gasteiger partial charge is 0.147 e. The van der Waals surface area contributed by atoms with Crippen molar-refractivity contribution in [3.05, 3.63) is 0 Å². The molecule has 80 valence electrons. The lowest BCUT2D eigenvalue weighted by Gasteiger charge is -2.26. The largest absolute Gasteiger partial charge is 0.330 e. The second-order valence-corrected chi connectivity index (χ2v) is 6.40. The molecule has 0 aliphatic heterocycles. The van der Waals surface area contributed by atoms with Crippen molar-refractivity contribution in [2.75, 3.05) is 18.6 Å². The van der Waals surface area contributed by atoms with E-state index in [-0.39, 0.29) is 11.2 Å². The third-order valence-corrected chi connectivity index (χ3v) is 3.37. The standard InChI is InChI=1S/C9H21NO2S/c1-4-5-9(2,8-10)6-7-13(3,11)12/h4-8,10H2,1-3H3. The number of hydrogen-bond donors (Lipinski definition) is 1. The molecular weight excluding hydrogens is 186 g/mol. The molecule has 0 aromatic rings. The lowest BCUT2D eigenvalue weighted by atomic mass is 9.83. The minimum atomic E-state index is -2.84. The Labute approximate surface area is 81.6 Å². The van der Waals surface area contributed by atoms with Crippen LogP contribution in [-0.2, 0) is 9.84 Å². The molecule has 0 rings (SSSR count). The summed E-state index contributed by atoms with van der Waals surface area (Å²) in [6.45, 7) is 4.71. The lowest BCUT2D eigenvalue weighted by molar-refractivity contribution is 0.294. The van der Waals surface area contributed by atoms with Gasteiger partial charge in [-0.2, -0.15) is 0 Å². The van der Waals surface area contributed by atoms with E-state index in [0.717, 1.165) is 12.8 Å². The van der Waals surface area contributed by atoms with Crippen molar-refractivity contribution in [1.82, 2.24) is 0 Å². The normalized spacial score (nSPS) is 16.9. The van der Waals surface area contributed by atoms with Crippen LogP contribution in [0.3, 0.4) is 0 Å². The maximum absolute atomic E-state index is 11.0. The van der Waals surface area contributed by atoms with Gasteiger partial charge < -0.3 is 5.73 Å². The van der Waals surface area contributed by atoms with E-state index in [9.17, 15) is 8.42 Å². The molecule has 0 saturated heterocycles. The molecular formula is C9H21NO2S. The maximum atomic E-state index is 11.0. The van der Waals surface area contributed by atoms with Crippen LogP contribution in [0.2, 0.25) is 0 Å². The summed E-state index contributed by atoms with van der Waals surface area (Å²) in [7, 11) is -2.84. The molecule has 3 nitrogen and oxygen atoms in total. The number of nitrogens with two attached hydrogens (primary N) is 1. The summed E-state index contributed by atoms with van der Waals surface area (Å²) in [5, 5.41) is 0. The topological polar surface area (TPSA) is 60.2 Å². The van der Waals surface area contributed by atoms with Gasteiger partial charge >= 0.3 is 0 Å². The van der Waals surface area contributed by atoms with E-state index >= 15 is 0 Å². The minimum Gasteiger partial charge on any atom is -0.330 e. The summed E-state index contributed by atoms with van der Waals surface area (Å²) in [6, 6.07) is 0. The molecule has 1 atom stereocenters. The van der Waals surface area contributed by atoms with E-state index in [1.165, 1.54) is 6.26 Å². The molecule has 0 aromatic carbocycles. The molecule has 0 aromatic heterocycles. The van der Waals surface area contributed by atoms with Crippen LogP contribution in [0, 0.1) is 5.41 Å². The zero-order valence-corrected chi connectivity index (χ0v) is 9.65. The molecule has 0 radical (unpaired) electrons. The first-order valence-electron chi connectivity index (χ1n) is 4.71. The summed E-state index contributed by atoms with van der Waals surface area (Å²) >= 11 is 0. The Kier molecular flexibility index (Phi) is 4.92. The highest BCUT2D eigenvalue weighted by atomic mass is 32.2. The predicted octanol–water partition coefficient (Wildman–Crippen LogP) is 1.19. The zero-order valence-electron chi connectivity index (χ0n) is 8.84. The van der Waals surface area contributed by atoms with Gasteiger partial charge in [0.05, 0.1) is 5.75 Å². The van der Waals surface area contributed by atoms with Gasteiger partial charge in [0.1, 0.15) is 9.84 Å². The predicted molar refractivity (Wildman–Crippen MR) is 56.4 cm³/mol. The van der Waals surface area contributed by atoms with Gasteiger partial charge in [0.25, 0.3) is 0 Å². The fraction of sp³-hybridized carbons (Fsp3) is 1.00. The van der Waals surface area contributed by atoms with E-state index in [4.69, 9.17) is 5.73 Å². The maximum Gasteiger partial charge on any atom is 0.147 e. The molecule has 0 aliphatic rings. The van der Waals surface area contributed by atoms with Crippen LogP contribution in [0.1, 0.15) is 33.1 Å². The number of rotatable bonds is 6. The van der Waals surface area contributed by atoms with E-state index in [2.05, 4.69) is 13.8 Å². The van der Waals surface area contributed by atoms with E-state index in [0.29, 0.717) is 13.0 Å². The molecule has 0 saturated carbocycles. The third kappa shape index (κ3) is 6.05. The van der Waals surface area contributed by atoms with Crippen LogP contribution < -0.4 is 5.73 Å². The van der Waals surface area contributed by atoms with Crippen molar-refractivity contribution in [3.63, 3.8) is 0 Å². The molecule has 13 heavy (non-hydrogen) atoms. The van der Waals surface area contributed by atoms with E-state index in [1.54, 1.807) is 0 Å². The average Bonchev–Trinajstić information content (AvgIpc) is 2.01. The van der Waals surface area contributed by atoms with E-state index in [1.807, 2.05) is 0 Å². The van der Waals surface area contributed by atoms with Crippen LogP contribution in [-0.4, -0.2) is 27.0 Å². The van der Waals surface area contributed by atoms with Gasteiger partial charge in [-0.15, -0.1) is 0 Å². The molecule has 0 bridgehead atoms. The van der Waals surface area contributed by atoms with Crippen molar-refractivity contribution in [2.45, 2.75) is 33.1 Å². The molecule has 0 aliphatic carbocycles. The van der Waals surface area contributed by atoms with Gasteiger partial charge in [-0.05, 0) is 24.8 Å². The highest BCUT2D eigenvalue weighted by Crippen LogP contribution is 2.26. The van der Waals surface area contributed by atoms with Crippen LogP contribution >= 0.6 is 0 Å². The van der Waals surface area contributed by atoms with Gasteiger partial charge in [0, 0.05) is 6.26 Å². The molecule has 2 N–H and O–H groups in total. The Bertz CT molecular complexity index is 236. The average molecular weight is 207 g/mol. The Morgan fingerprint density at radius 1 is 1.31 bits per heavy atom. The summed E-state index contributed by atoms with van der Waals surface area (Å²) in [6.07, 6.45) is 4.00. The van der Waals surface area contributed by atoms with Gasteiger partial charge in [-0.3, -0.25) is 0 Å². The molecule has 0 fully saturated rings. The Hall–Kier alpha value is -0.0900. The van der Waals surface area contributed by atoms with E-state index < -0.39 is 9.84 Å². The quantitative estimate of drug-likeness (QED) is 0.711. The highest BCUT2D eigenvalue weighted by molar-refractivity contribution is 7.90. The fourth-order valence-electron chi connectivity index (χ4n) is 1.36. The SMILES string of the molecule is CCCC(C)(CN)CCS(C)(=O)=O. The second kappa shape index (κ2) is 4.96. The van der Waals surface area contributed by atoms with Crippen LogP contribution in [0.25, 0.3) is 0 Å². The first-order valence-corrected chi connectivity index (χ1v) is 6.77. The molecule has 0 amide bonds.